The summed E-state index contributed by atoms with van der Waals surface area (Å²) in [5.41, 5.74) is 2.61. The molecule has 1 spiro atoms. The molecule has 3 aliphatic heterocycles. The fraction of sp³-hybridized carbons (Fsp3) is 0.571. The van der Waals surface area contributed by atoms with Crippen LogP contribution in [0, 0.1) is 16.7 Å². The van der Waals surface area contributed by atoms with E-state index in [-0.39, 0.29) is 23.5 Å². The van der Waals surface area contributed by atoms with Crippen LogP contribution in [0.25, 0.3) is 5.52 Å². The topological polar surface area (TPSA) is 85.9 Å². The van der Waals surface area contributed by atoms with E-state index in [0.29, 0.717) is 25.2 Å². The summed E-state index contributed by atoms with van der Waals surface area (Å²) in [6.07, 6.45) is 3.48. The van der Waals surface area contributed by atoms with Crippen LogP contribution < -0.4 is 10.2 Å². The molecule has 0 radical (unpaired) electrons. The van der Waals surface area contributed by atoms with Gasteiger partial charge in [-0.25, -0.2) is 4.52 Å². The van der Waals surface area contributed by atoms with Gasteiger partial charge in [-0.2, -0.15) is 10.4 Å². The molecule has 5 heterocycles. The van der Waals surface area contributed by atoms with Gasteiger partial charge in [0.25, 0.3) is 0 Å². The monoisotopic (exact) mass is 394 g/mol. The first-order valence-electron chi connectivity index (χ1n) is 10.3. The second-order valence-electron chi connectivity index (χ2n) is 8.70. The Morgan fingerprint density at radius 1 is 1.38 bits per heavy atom. The number of likely N-dealkylation sites (tertiary alicyclic amines) is 1. The maximum Gasteiger partial charge on any atom is 0.223 e. The second-order valence-corrected chi connectivity index (χ2v) is 8.70. The number of hydrogen-bond acceptors (Lipinski definition) is 6. The van der Waals surface area contributed by atoms with E-state index in [9.17, 15) is 10.1 Å². The van der Waals surface area contributed by atoms with Crippen LogP contribution in [-0.2, 0) is 9.53 Å². The molecule has 3 atom stereocenters. The molecule has 1 amide bonds. The summed E-state index contributed by atoms with van der Waals surface area (Å²) in [5.74, 6) is 0.249. The lowest BCUT2D eigenvalue weighted by Crippen LogP contribution is -2.51. The Morgan fingerprint density at radius 2 is 2.28 bits per heavy atom. The lowest BCUT2D eigenvalue weighted by Gasteiger charge is -2.39. The number of hydrogen-bond donors (Lipinski definition) is 1. The van der Waals surface area contributed by atoms with Gasteiger partial charge in [-0.05, 0) is 38.1 Å². The Kier molecular flexibility index (Phi) is 4.45. The minimum atomic E-state index is -0.0363. The number of amides is 1. The molecular formula is C21H26N6O2. The van der Waals surface area contributed by atoms with E-state index in [2.05, 4.69) is 28.3 Å². The summed E-state index contributed by atoms with van der Waals surface area (Å²) in [4.78, 5) is 16.9. The van der Waals surface area contributed by atoms with Crippen LogP contribution >= 0.6 is 0 Å². The highest BCUT2D eigenvalue weighted by Gasteiger charge is 2.45. The first kappa shape index (κ1) is 18.4. The number of anilines is 1. The standard InChI is InChI=1S/C21H26N6O2/c1-15-10-25(18-3-2-16(9-22)27-19(18)4-6-24-27)11-17(29-15)12-26-14-21(8-20(26)28)5-7-23-13-21/h2-4,6,15,17,23H,5,7-8,10-14H2,1H3/t15-,17-,21?/m1/s1. The van der Waals surface area contributed by atoms with Crippen LogP contribution in [0.2, 0.25) is 0 Å². The number of nitrogens with one attached hydrogen (secondary N) is 1. The molecule has 0 aliphatic carbocycles. The Morgan fingerprint density at radius 3 is 3.07 bits per heavy atom. The normalized spacial score (nSPS) is 29.9. The van der Waals surface area contributed by atoms with Crippen LogP contribution in [0.1, 0.15) is 25.5 Å². The zero-order chi connectivity index (χ0) is 20.0. The van der Waals surface area contributed by atoms with Crippen molar-refractivity contribution in [1.82, 2.24) is 19.8 Å². The molecule has 1 unspecified atom stereocenters. The quantitative estimate of drug-likeness (QED) is 0.836. The number of carbonyl (C=O) groups excluding carboxylic acids is 1. The molecule has 3 aliphatic rings. The summed E-state index contributed by atoms with van der Waals surface area (Å²) in [7, 11) is 0. The smallest absolute Gasteiger partial charge is 0.223 e. The highest BCUT2D eigenvalue weighted by atomic mass is 16.5. The molecule has 0 bridgehead atoms. The highest BCUT2D eigenvalue weighted by molar-refractivity contribution is 5.79. The van der Waals surface area contributed by atoms with Gasteiger partial charge >= 0.3 is 0 Å². The Hall–Kier alpha value is -2.63. The molecule has 0 saturated carbocycles. The average Bonchev–Trinajstić information content (AvgIpc) is 3.42. The molecule has 8 heteroatoms. The van der Waals surface area contributed by atoms with Gasteiger partial charge in [-0.1, -0.05) is 0 Å². The van der Waals surface area contributed by atoms with E-state index in [0.717, 1.165) is 43.8 Å². The van der Waals surface area contributed by atoms with Crippen LogP contribution in [0.4, 0.5) is 5.69 Å². The molecule has 3 saturated heterocycles. The molecule has 152 valence electrons. The predicted octanol–water partition coefficient (Wildman–Crippen LogP) is 1.01. The van der Waals surface area contributed by atoms with Crippen LogP contribution in [0.5, 0.6) is 0 Å². The molecule has 5 rings (SSSR count). The first-order chi connectivity index (χ1) is 14.1. The van der Waals surface area contributed by atoms with Crippen LogP contribution in [-0.4, -0.2) is 71.9 Å². The predicted molar refractivity (Wildman–Crippen MR) is 108 cm³/mol. The van der Waals surface area contributed by atoms with Crippen molar-refractivity contribution in [2.75, 3.05) is 44.2 Å². The van der Waals surface area contributed by atoms with Gasteiger partial charge in [0.1, 0.15) is 11.8 Å². The van der Waals surface area contributed by atoms with Crippen molar-refractivity contribution in [3.8, 4) is 6.07 Å². The third-order valence-electron chi connectivity index (χ3n) is 6.48. The minimum absolute atomic E-state index is 0.0363. The Bertz CT molecular complexity index is 973. The molecule has 3 fully saturated rings. The van der Waals surface area contributed by atoms with E-state index in [1.165, 1.54) is 0 Å². The van der Waals surface area contributed by atoms with Gasteiger partial charge in [-0.15, -0.1) is 0 Å². The van der Waals surface area contributed by atoms with Gasteiger partial charge in [-0.3, -0.25) is 4.79 Å². The van der Waals surface area contributed by atoms with E-state index in [4.69, 9.17) is 4.74 Å². The Labute approximate surface area is 170 Å². The third kappa shape index (κ3) is 3.24. The first-order valence-corrected chi connectivity index (χ1v) is 10.3. The third-order valence-corrected chi connectivity index (χ3v) is 6.48. The summed E-state index contributed by atoms with van der Waals surface area (Å²) >= 11 is 0. The van der Waals surface area contributed by atoms with E-state index >= 15 is 0 Å². The fourth-order valence-corrected chi connectivity index (χ4v) is 5.17. The lowest BCUT2D eigenvalue weighted by molar-refractivity contribution is -0.130. The zero-order valence-electron chi connectivity index (χ0n) is 16.7. The number of rotatable bonds is 3. The molecule has 8 nitrogen and oxygen atoms in total. The number of ether oxygens (including phenoxy) is 1. The van der Waals surface area contributed by atoms with Gasteiger partial charge in [0.2, 0.25) is 5.91 Å². The molecule has 1 N–H and O–H groups in total. The number of fused-ring (bicyclic) bond motifs is 1. The summed E-state index contributed by atoms with van der Waals surface area (Å²) in [5, 5.41) is 17.0. The minimum Gasteiger partial charge on any atom is -0.370 e. The molecule has 2 aromatic rings. The van der Waals surface area contributed by atoms with Gasteiger partial charge < -0.3 is 19.9 Å². The van der Waals surface area contributed by atoms with Crippen molar-refractivity contribution < 1.29 is 9.53 Å². The summed E-state index contributed by atoms with van der Waals surface area (Å²) < 4.78 is 7.90. The maximum absolute atomic E-state index is 12.6. The van der Waals surface area contributed by atoms with Gasteiger partial charge in [0, 0.05) is 44.6 Å². The van der Waals surface area contributed by atoms with Crippen molar-refractivity contribution in [3.05, 3.63) is 30.1 Å². The van der Waals surface area contributed by atoms with E-state index < -0.39 is 0 Å². The average molecular weight is 394 g/mol. The SMILES string of the molecule is C[C@@H]1CN(c2ccc(C#N)n3nccc23)C[C@H](CN2CC3(CCNC3)CC2=O)O1. The van der Waals surface area contributed by atoms with E-state index in [1.807, 2.05) is 23.1 Å². The summed E-state index contributed by atoms with van der Waals surface area (Å²) in [6.45, 7) is 6.96. The number of pyridine rings is 1. The van der Waals surface area contributed by atoms with Crippen molar-refractivity contribution in [2.24, 2.45) is 5.41 Å². The second kappa shape index (κ2) is 7.01. The van der Waals surface area contributed by atoms with Crippen molar-refractivity contribution >= 4 is 17.1 Å². The zero-order valence-corrected chi connectivity index (χ0v) is 16.7. The highest BCUT2D eigenvalue weighted by Crippen LogP contribution is 2.37. The van der Waals surface area contributed by atoms with Crippen molar-refractivity contribution in [1.29, 1.82) is 5.26 Å². The molecule has 2 aromatic heterocycles. The lowest BCUT2D eigenvalue weighted by atomic mass is 9.86. The van der Waals surface area contributed by atoms with Crippen LogP contribution in [0.15, 0.2) is 24.4 Å². The summed E-state index contributed by atoms with van der Waals surface area (Å²) in [6, 6.07) is 7.93. The van der Waals surface area contributed by atoms with Crippen molar-refractivity contribution in [2.45, 2.75) is 32.0 Å². The van der Waals surface area contributed by atoms with Crippen molar-refractivity contribution in [3.63, 3.8) is 0 Å². The number of morpholine rings is 1. The Balaban J connectivity index is 1.35. The largest absolute Gasteiger partial charge is 0.370 e. The number of nitriles is 1. The maximum atomic E-state index is 12.6. The molecule has 0 aromatic carbocycles. The number of nitrogens with zero attached hydrogens (tertiary/aromatic N) is 5. The molecular weight excluding hydrogens is 368 g/mol. The fourth-order valence-electron chi connectivity index (χ4n) is 5.17. The van der Waals surface area contributed by atoms with Gasteiger partial charge in [0.15, 0.2) is 0 Å². The van der Waals surface area contributed by atoms with Crippen LogP contribution in [0.3, 0.4) is 0 Å². The molecule has 29 heavy (non-hydrogen) atoms. The number of carbonyl (C=O) groups is 1. The van der Waals surface area contributed by atoms with E-state index in [1.54, 1.807) is 10.7 Å². The van der Waals surface area contributed by atoms with Gasteiger partial charge in [0.05, 0.1) is 29.6 Å². The number of aromatic nitrogens is 2.